The number of carbonyl (C=O) groups is 1. The largest absolute Gasteiger partial charge is 0.478 e. The molecule has 0 radical (unpaired) electrons. The molecule has 18 heavy (non-hydrogen) atoms. The topological polar surface area (TPSA) is 57.5 Å². The Labute approximate surface area is 124 Å². The lowest BCUT2D eigenvalue weighted by Crippen LogP contribution is -2.06. The number of hydrogen-bond acceptors (Lipinski definition) is 3. The molecule has 0 amide bonds. The molecule has 1 unspecified atom stereocenters. The summed E-state index contributed by atoms with van der Waals surface area (Å²) in [6, 6.07) is 8.23. The van der Waals surface area contributed by atoms with Gasteiger partial charge >= 0.3 is 5.97 Å². The Bertz CT molecular complexity index is 575. The van der Waals surface area contributed by atoms with E-state index in [-0.39, 0.29) is 5.56 Å². The first-order valence-corrected chi connectivity index (χ1v) is 7.36. The molecule has 6 heteroatoms. The summed E-state index contributed by atoms with van der Waals surface area (Å²) in [4.78, 5) is 11.8. The van der Waals surface area contributed by atoms with Crippen LogP contribution in [0, 0.1) is 0 Å². The number of halogens is 2. The van der Waals surface area contributed by atoms with Crippen LogP contribution in [0.5, 0.6) is 0 Å². The first-order valence-electron chi connectivity index (χ1n) is 4.95. The molecule has 0 bridgehead atoms. The van der Waals surface area contributed by atoms with Crippen LogP contribution in [0.15, 0.2) is 38.6 Å². The summed E-state index contributed by atoms with van der Waals surface area (Å²) in [6.45, 7) is 0. The van der Waals surface area contributed by atoms with Crippen molar-refractivity contribution < 1.29 is 15.0 Å². The summed E-state index contributed by atoms with van der Waals surface area (Å²) in [5.74, 6) is -1.04. The van der Waals surface area contributed by atoms with E-state index in [9.17, 15) is 9.90 Å². The van der Waals surface area contributed by atoms with Gasteiger partial charge < -0.3 is 10.2 Å². The van der Waals surface area contributed by atoms with Crippen molar-refractivity contribution in [3.63, 3.8) is 0 Å². The highest BCUT2D eigenvalue weighted by Crippen LogP contribution is 2.38. The lowest BCUT2D eigenvalue weighted by atomic mass is 10.0. The summed E-state index contributed by atoms with van der Waals surface area (Å²) < 4.78 is 1.71. The fraction of sp³-hybridized carbons (Fsp3) is 0.0833. The van der Waals surface area contributed by atoms with Gasteiger partial charge in [0.25, 0.3) is 0 Å². The lowest BCUT2D eigenvalue weighted by Gasteiger charge is -2.11. The molecule has 1 atom stereocenters. The Hall–Kier alpha value is -0.690. The van der Waals surface area contributed by atoms with Gasteiger partial charge in [-0.25, -0.2) is 4.79 Å². The highest BCUT2D eigenvalue weighted by molar-refractivity contribution is 9.13. The first-order chi connectivity index (χ1) is 8.50. The van der Waals surface area contributed by atoms with Crippen molar-refractivity contribution in [2.24, 2.45) is 0 Å². The van der Waals surface area contributed by atoms with Crippen LogP contribution >= 0.6 is 43.2 Å². The molecule has 1 heterocycles. The van der Waals surface area contributed by atoms with E-state index < -0.39 is 12.1 Å². The van der Waals surface area contributed by atoms with E-state index in [2.05, 4.69) is 31.9 Å². The number of carboxylic acids is 1. The highest BCUT2D eigenvalue weighted by atomic mass is 79.9. The fourth-order valence-electron chi connectivity index (χ4n) is 1.58. The third-order valence-corrected chi connectivity index (χ3v) is 5.73. The Kier molecular flexibility index (Phi) is 4.21. The van der Waals surface area contributed by atoms with Crippen LogP contribution < -0.4 is 0 Å². The van der Waals surface area contributed by atoms with Gasteiger partial charge in [0.1, 0.15) is 6.10 Å². The number of carboxylic acid groups (broad SMARTS) is 1. The predicted octanol–water partition coefficient (Wildman–Crippen LogP) is 4.05. The van der Waals surface area contributed by atoms with Crippen LogP contribution in [0.25, 0.3) is 0 Å². The van der Waals surface area contributed by atoms with E-state index in [1.54, 1.807) is 24.3 Å². The molecule has 0 aliphatic heterocycles. The number of benzene rings is 1. The normalized spacial score (nSPS) is 12.4. The molecule has 0 aliphatic carbocycles. The average molecular weight is 392 g/mol. The third-order valence-electron chi connectivity index (χ3n) is 2.42. The summed E-state index contributed by atoms with van der Waals surface area (Å²) in [7, 11) is 0. The third kappa shape index (κ3) is 2.66. The van der Waals surface area contributed by atoms with E-state index in [1.807, 2.05) is 0 Å². The number of hydrogen-bond donors (Lipinski definition) is 2. The Morgan fingerprint density at radius 1 is 1.28 bits per heavy atom. The molecule has 1 aromatic heterocycles. The Morgan fingerprint density at radius 2 is 1.94 bits per heavy atom. The maximum absolute atomic E-state index is 11.1. The maximum atomic E-state index is 11.1. The zero-order chi connectivity index (χ0) is 13.3. The second-order valence-electron chi connectivity index (χ2n) is 3.57. The average Bonchev–Trinajstić information content (AvgIpc) is 2.68. The first kappa shape index (κ1) is 13.7. The second kappa shape index (κ2) is 5.52. The number of thiophene rings is 1. The molecule has 94 valence electrons. The van der Waals surface area contributed by atoms with E-state index in [1.165, 1.54) is 17.4 Å². The van der Waals surface area contributed by atoms with Crippen molar-refractivity contribution in [1.29, 1.82) is 0 Å². The smallest absolute Gasteiger partial charge is 0.336 e. The molecule has 0 saturated heterocycles. The summed E-state index contributed by atoms with van der Waals surface area (Å²) in [6.07, 6.45) is -0.940. The van der Waals surface area contributed by atoms with E-state index in [4.69, 9.17) is 5.11 Å². The van der Waals surface area contributed by atoms with Gasteiger partial charge in [-0.1, -0.05) is 18.2 Å². The minimum atomic E-state index is -1.04. The van der Waals surface area contributed by atoms with Gasteiger partial charge in [0.2, 0.25) is 0 Å². The molecule has 1 aromatic carbocycles. The van der Waals surface area contributed by atoms with Crippen molar-refractivity contribution in [2.45, 2.75) is 6.10 Å². The number of aromatic carboxylic acids is 1. The van der Waals surface area contributed by atoms with Gasteiger partial charge in [-0.2, -0.15) is 0 Å². The van der Waals surface area contributed by atoms with Gasteiger partial charge in [0.15, 0.2) is 0 Å². The van der Waals surface area contributed by atoms with E-state index in [0.717, 1.165) is 8.26 Å². The van der Waals surface area contributed by atoms with Crippen molar-refractivity contribution in [2.75, 3.05) is 0 Å². The second-order valence-corrected chi connectivity index (χ2v) is 6.82. The summed E-state index contributed by atoms with van der Waals surface area (Å²) in [5.41, 5.74) is 0.511. The molecule has 0 saturated carbocycles. The molecule has 2 aromatic rings. The molecule has 3 nitrogen and oxygen atoms in total. The van der Waals surface area contributed by atoms with Crippen molar-refractivity contribution >= 4 is 49.2 Å². The van der Waals surface area contributed by atoms with Gasteiger partial charge in [-0.15, -0.1) is 11.3 Å². The molecule has 2 rings (SSSR count). The zero-order valence-corrected chi connectivity index (χ0v) is 12.9. The molecule has 0 aliphatic rings. The van der Waals surface area contributed by atoms with Crippen molar-refractivity contribution in [3.8, 4) is 0 Å². The Balaban J connectivity index is 2.45. The summed E-state index contributed by atoms with van der Waals surface area (Å²) >= 11 is 8.05. The van der Waals surface area contributed by atoms with Gasteiger partial charge in [0, 0.05) is 14.9 Å². The van der Waals surface area contributed by atoms with Gasteiger partial charge in [0.05, 0.1) is 9.35 Å². The monoisotopic (exact) mass is 390 g/mol. The number of aliphatic hydroxyl groups is 1. The standard InChI is InChI=1S/C12H8Br2O3S/c13-8-5-9(18-11(8)14)10(15)6-3-1-2-4-7(6)12(16)17/h1-5,10,15H,(H,16,17). The molecular formula is C12H8Br2O3S. The molecule has 0 spiro atoms. The van der Waals surface area contributed by atoms with E-state index >= 15 is 0 Å². The van der Waals surface area contributed by atoms with Crippen LogP contribution in [0.3, 0.4) is 0 Å². The number of aliphatic hydroxyl groups excluding tert-OH is 1. The van der Waals surface area contributed by atoms with Gasteiger partial charge in [-0.05, 0) is 44.0 Å². The van der Waals surface area contributed by atoms with Crippen LogP contribution in [0.2, 0.25) is 0 Å². The quantitative estimate of drug-likeness (QED) is 0.829. The van der Waals surface area contributed by atoms with Gasteiger partial charge in [-0.3, -0.25) is 0 Å². The van der Waals surface area contributed by atoms with Crippen LogP contribution in [-0.2, 0) is 0 Å². The summed E-state index contributed by atoms with van der Waals surface area (Å²) in [5, 5.41) is 19.4. The molecule has 0 fully saturated rings. The SMILES string of the molecule is O=C(O)c1ccccc1C(O)c1cc(Br)c(Br)s1. The maximum Gasteiger partial charge on any atom is 0.336 e. The predicted molar refractivity (Wildman–Crippen MR) is 77.2 cm³/mol. The van der Waals surface area contributed by atoms with Crippen LogP contribution in [0.4, 0.5) is 0 Å². The van der Waals surface area contributed by atoms with E-state index in [0.29, 0.717) is 10.4 Å². The van der Waals surface area contributed by atoms with Crippen molar-refractivity contribution in [3.05, 3.63) is 54.6 Å². The van der Waals surface area contributed by atoms with Crippen molar-refractivity contribution in [1.82, 2.24) is 0 Å². The zero-order valence-electron chi connectivity index (χ0n) is 8.93. The lowest BCUT2D eigenvalue weighted by molar-refractivity contribution is 0.0691. The minimum absolute atomic E-state index is 0.116. The van der Waals surface area contributed by atoms with Crippen LogP contribution in [-0.4, -0.2) is 16.2 Å². The highest BCUT2D eigenvalue weighted by Gasteiger charge is 2.20. The molecular weight excluding hydrogens is 384 g/mol. The number of rotatable bonds is 3. The minimum Gasteiger partial charge on any atom is -0.478 e. The molecule has 2 N–H and O–H groups in total. The van der Waals surface area contributed by atoms with Crippen LogP contribution in [0.1, 0.15) is 26.9 Å². The fourth-order valence-corrected chi connectivity index (χ4v) is 3.68. The Morgan fingerprint density at radius 3 is 2.50 bits per heavy atom.